The normalized spacial score (nSPS) is 12.9. The average molecular weight is 554 g/mol. The summed E-state index contributed by atoms with van der Waals surface area (Å²) >= 11 is 0. The van der Waals surface area contributed by atoms with Crippen LogP contribution < -0.4 is 24.3 Å². The molecule has 0 fully saturated rings. The summed E-state index contributed by atoms with van der Waals surface area (Å²) in [4.78, 5) is 34.6. The van der Waals surface area contributed by atoms with E-state index in [2.05, 4.69) is 15.3 Å². The van der Waals surface area contributed by atoms with Crippen molar-refractivity contribution in [3.05, 3.63) is 102 Å². The second-order valence-corrected chi connectivity index (χ2v) is 8.83. The van der Waals surface area contributed by atoms with E-state index in [1.54, 1.807) is 43.5 Å². The molecule has 3 aromatic carbocycles. The number of allylic oxidation sites excluding steroid dienone is 2. The summed E-state index contributed by atoms with van der Waals surface area (Å²) in [5.74, 6) is 0.952. The second-order valence-electron chi connectivity index (χ2n) is 8.83. The summed E-state index contributed by atoms with van der Waals surface area (Å²) < 4.78 is 28.0. The van der Waals surface area contributed by atoms with Gasteiger partial charge in [-0.1, -0.05) is 42.5 Å². The first-order chi connectivity index (χ1) is 20.1. The predicted molar refractivity (Wildman–Crippen MR) is 151 cm³/mol. The number of fused-ring (bicyclic) bond motifs is 1. The van der Waals surface area contributed by atoms with Crippen molar-refractivity contribution in [3.8, 4) is 23.0 Å². The molecule has 0 unspecified atom stereocenters. The van der Waals surface area contributed by atoms with Gasteiger partial charge in [0, 0.05) is 30.7 Å². The molecule has 4 aromatic rings. The van der Waals surface area contributed by atoms with E-state index in [1.165, 1.54) is 19.5 Å². The molecule has 0 saturated carbocycles. The topological polar surface area (TPSA) is 118 Å². The smallest absolute Gasteiger partial charge is 0.223 e. The molecule has 1 N–H and O–H groups in total. The first-order valence-corrected chi connectivity index (χ1v) is 12.7. The van der Waals surface area contributed by atoms with Crippen LogP contribution in [0.25, 0.3) is 10.9 Å². The highest BCUT2D eigenvalue weighted by molar-refractivity contribution is 6.20. The second kappa shape index (κ2) is 12.8. The molecule has 0 amide bonds. The van der Waals surface area contributed by atoms with Crippen LogP contribution in [0.2, 0.25) is 0 Å². The number of nitrogens with one attached hydrogen (secondary N) is 1. The third-order valence-electron chi connectivity index (χ3n) is 6.07. The Balaban J connectivity index is 1.32. The SMILES string of the molecule is COCCOc1cc2ncnc(NC3=CC(=O)C(Oc4ccccc4OCc4ccccc4)=CC3=O)c2cc1OC. The Kier molecular flexibility index (Phi) is 8.51. The van der Waals surface area contributed by atoms with Gasteiger partial charge in [0.25, 0.3) is 0 Å². The number of para-hydroxylation sites is 2. The van der Waals surface area contributed by atoms with E-state index in [1.807, 2.05) is 30.3 Å². The van der Waals surface area contributed by atoms with Crippen LogP contribution in [0.4, 0.5) is 5.82 Å². The predicted octanol–water partition coefficient (Wildman–Crippen LogP) is 4.65. The quantitative estimate of drug-likeness (QED) is 0.196. The number of hydrogen-bond donors (Lipinski definition) is 1. The maximum Gasteiger partial charge on any atom is 0.223 e. The molecule has 0 radical (unpaired) electrons. The molecule has 1 aliphatic rings. The van der Waals surface area contributed by atoms with Gasteiger partial charge in [-0.25, -0.2) is 9.97 Å². The molecule has 0 aliphatic heterocycles. The summed E-state index contributed by atoms with van der Waals surface area (Å²) in [6, 6.07) is 20.0. The van der Waals surface area contributed by atoms with Crippen LogP contribution in [-0.4, -0.2) is 49.0 Å². The van der Waals surface area contributed by atoms with Crippen molar-refractivity contribution in [1.82, 2.24) is 9.97 Å². The Hall–Kier alpha value is -5.22. The van der Waals surface area contributed by atoms with Crippen LogP contribution >= 0.6 is 0 Å². The van der Waals surface area contributed by atoms with Crippen LogP contribution in [0.1, 0.15) is 5.56 Å². The van der Waals surface area contributed by atoms with Crippen molar-refractivity contribution in [2.24, 2.45) is 0 Å². The standard InChI is InChI=1S/C31H27N3O7/c1-37-12-13-39-30-16-22-21(14-29(30)38-2)31(33-19-32-22)34-23-15-25(36)28(17-24(23)35)41-27-11-7-6-10-26(27)40-18-20-8-4-3-5-9-20/h3-11,14-17,19H,12-13,18H2,1-2H3,(H,32,33,34). The fraction of sp³-hybridized carbons (Fsp3) is 0.161. The highest BCUT2D eigenvalue weighted by Gasteiger charge is 2.24. The molecule has 10 heteroatoms. The minimum absolute atomic E-state index is 0.0374. The number of anilines is 1. The minimum Gasteiger partial charge on any atom is -0.493 e. The lowest BCUT2D eigenvalue weighted by atomic mass is 10.1. The third-order valence-corrected chi connectivity index (χ3v) is 6.07. The van der Waals surface area contributed by atoms with Crippen molar-refractivity contribution < 1.29 is 33.3 Å². The first kappa shape index (κ1) is 27.4. The van der Waals surface area contributed by atoms with E-state index in [0.29, 0.717) is 59.5 Å². The van der Waals surface area contributed by atoms with Crippen molar-refractivity contribution in [3.63, 3.8) is 0 Å². The molecule has 10 nitrogen and oxygen atoms in total. The molecule has 0 spiro atoms. The van der Waals surface area contributed by atoms with Gasteiger partial charge in [0.1, 0.15) is 25.4 Å². The van der Waals surface area contributed by atoms with Gasteiger partial charge in [0.05, 0.1) is 24.9 Å². The number of carbonyl (C=O) groups excluding carboxylic acids is 2. The highest BCUT2D eigenvalue weighted by atomic mass is 16.5. The van der Waals surface area contributed by atoms with Crippen molar-refractivity contribution in [1.29, 1.82) is 0 Å². The fourth-order valence-corrected chi connectivity index (χ4v) is 4.02. The molecular weight excluding hydrogens is 526 g/mol. The lowest BCUT2D eigenvalue weighted by Crippen LogP contribution is -2.21. The van der Waals surface area contributed by atoms with Crippen molar-refractivity contribution >= 4 is 28.3 Å². The maximum atomic E-state index is 13.0. The molecule has 0 saturated heterocycles. The lowest BCUT2D eigenvalue weighted by molar-refractivity contribution is -0.116. The number of methoxy groups -OCH3 is 2. The van der Waals surface area contributed by atoms with Gasteiger partial charge < -0.3 is 29.0 Å². The van der Waals surface area contributed by atoms with Gasteiger partial charge in [-0.2, -0.15) is 0 Å². The Morgan fingerprint density at radius 3 is 2.32 bits per heavy atom. The zero-order valence-corrected chi connectivity index (χ0v) is 22.5. The van der Waals surface area contributed by atoms with Crippen LogP contribution in [0.15, 0.2) is 96.7 Å². The summed E-state index contributed by atoms with van der Waals surface area (Å²) in [6.45, 7) is 1.06. The molecule has 41 heavy (non-hydrogen) atoms. The lowest BCUT2D eigenvalue weighted by Gasteiger charge is -2.17. The number of ether oxygens (including phenoxy) is 5. The van der Waals surface area contributed by atoms with E-state index in [9.17, 15) is 9.59 Å². The van der Waals surface area contributed by atoms with Crippen molar-refractivity contribution in [2.75, 3.05) is 32.8 Å². The van der Waals surface area contributed by atoms with E-state index in [4.69, 9.17) is 23.7 Å². The molecule has 1 aromatic heterocycles. The summed E-state index contributed by atoms with van der Waals surface area (Å²) in [7, 11) is 3.10. The highest BCUT2D eigenvalue weighted by Crippen LogP contribution is 2.35. The minimum atomic E-state index is -0.491. The van der Waals surface area contributed by atoms with Crippen LogP contribution in [0.3, 0.4) is 0 Å². The summed E-state index contributed by atoms with van der Waals surface area (Å²) in [5.41, 5.74) is 1.57. The van der Waals surface area contributed by atoms with Crippen LogP contribution in [0.5, 0.6) is 23.0 Å². The summed E-state index contributed by atoms with van der Waals surface area (Å²) in [6.07, 6.45) is 3.67. The van der Waals surface area contributed by atoms with Crippen molar-refractivity contribution in [2.45, 2.75) is 6.61 Å². The van der Waals surface area contributed by atoms with E-state index in [-0.39, 0.29) is 11.5 Å². The van der Waals surface area contributed by atoms with E-state index >= 15 is 0 Å². The zero-order chi connectivity index (χ0) is 28.6. The Morgan fingerprint density at radius 2 is 1.54 bits per heavy atom. The maximum absolute atomic E-state index is 13.0. The van der Waals surface area contributed by atoms with Gasteiger partial charge in [0.2, 0.25) is 11.6 Å². The molecule has 208 valence electrons. The number of rotatable bonds is 12. The van der Waals surface area contributed by atoms with Gasteiger partial charge in [-0.3, -0.25) is 9.59 Å². The first-order valence-electron chi connectivity index (χ1n) is 12.7. The summed E-state index contributed by atoms with van der Waals surface area (Å²) in [5, 5.41) is 3.53. The Morgan fingerprint density at radius 1 is 0.756 bits per heavy atom. The number of nitrogens with zero attached hydrogens (tertiary/aromatic N) is 2. The number of hydrogen-bond acceptors (Lipinski definition) is 10. The molecule has 0 atom stereocenters. The molecular formula is C31H27N3O7. The Labute approximate surface area is 236 Å². The zero-order valence-electron chi connectivity index (χ0n) is 22.5. The third kappa shape index (κ3) is 6.51. The van der Waals surface area contributed by atoms with Crippen LogP contribution in [-0.2, 0) is 20.9 Å². The van der Waals surface area contributed by atoms with Gasteiger partial charge in [0.15, 0.2) is 28.8 Å². The number of aromatic nitrogens is 2. The van der Waals surface area contributed by atoms with Gasteiger partial charge >= 0.3 is 0 Å². The monoisotopic (exact) mass is 553 g/mol. The van der Waals surface area contributed by atoms with Gasteiger partial charge in [-0.15, -0.1) is 0 Å². The molecule has 1 aliphatic carbocycles. The van der Waals surface area contributed by atoms with Crippen LogP contribution in [0, 0.1) is 0 Å². The largest absolute Gasteiger partial charge is 0.493 e. The number of benzene rings is 3. The van der Waals surface area contributed by atoms with E-state index < -0.39 is 11.6 Å². The fourth-order valence-electron chi connectivity index (χ4n) is 4.02. The van der Waals surface area contributed by atoms with E-state index in [0.717, 1.165) is 11.6 Å². The number of ketones is 2. The van der Waals surface area contributed by atoms with Gasteiger partial charge in [-0.05, 0) is 23.8 Å². The molecule has 1 heterocycles. The molecule has 5 rings (SSSR count). The number of carbonyl (C=O) groups is 2. The Bertz CT molecular complexity index is 1630. The average Bonchev–Trinajstić information content (AvgIpc) is 2.99. The molecule has 0 bridgehead atoms.